The van der Waals surface area contributed by atoms with Crippen LogP contribution in [0.4, 0.5) is 5.69 Å². The number of aryl methyl sites for hydroxylation is 2. The van der Waals surface area contributed by atoms with E-state index in [0.717, 1.165) is 27.5 Å². The maximum absolute atomic E-state index is 8.85. The van der Waals surface area contributed by atoms with Gasteiger partial charge >= 0.3 is 0 Å². The van der Waals surface area contributed by atoms with E-state index in [9.17, 15) is 0 Å². The zero-order valence-corrected chi connectivity index (χ0v) is 16.1. The molecule has 0 fully saturated rings. The van der Waals surface area contributed by atoms with E-state index >= 15 is 0 Å². The molecule has 0 aliphatic heterocycles. The van der Waals surface area contributed by atoms with E-state index < -0.39 is 6.85 Å². The quantitative estimate of drug-likeness (QED) is 0.294. The molecular weight excluding hydrogens is 332 g/mol. The van der Waals surface area contributed by atoms with Crippen LogP contribution in [0, 0.1) is 41.1 Å². The highest BCUT2D eigenvalue weighted by molar-refractivity contribution is 6.13. The first-order valence-electron chi connectivity index (χ1n) is 10.8. The van der Waals surface area contributed by atoms with Gasteiger partial charge in [0.05, 0.1) is 13.5 Å². The predicted molar refractivity (Wildman–Crippen MR) is 110 cm³/mol. The fraction of sp³-hybridized carbons (Fsp3) is 0.250. The van der Waals surface area contributed by atoms with Crippen molar-refractivity contribution in [3.8, 4) is 11.3 Å². The molecule has 0 atom stereocenters. The second kappa shape index (κ2) is 5.96. The largest absolute Gasteiger partial charge is 0.466 e. The fourth-order valence-electron chi connectivity index (χ4n) is 3.70. The van der Waals surface area contributed by atoms with Crippen molar-refractivity contribution in [1.82, 2.24) is 0 Å². The Morgan fingerprint density at radius 2 is 1.85 bits per heavy atom. The van der Waals surface area contributed by atoms with Gasteiger partial charge in [-0.05, 0) is 44.8 Å². The molecule has 0 bridgehead atoms. The Morgan fingerprint density at radius 3 is 2.56 bits per heavy atom. The second-order valence-corrected chi connectivity index (χ2v) is 7.13. The third kappa shape index (κ3) is 2.44. The zero-order valence-electron chi connectivity index (χ0n) is 20.1. The highest BCUT2D eigenvalue weighted by atomic mass is 16.3. The molecule has 0 spiro atoms. The van der Waals surface area contributed by atoms with Crippen LogP contribution in [0.2, 0.25) is 0 Å². The topological polar surface area (TPSA) is 21.4 Å². The van der Waals surface area contributed by atoms with Gasteiger partial charge in [-0.2, -0.15) is 4.57 Å². The molecular formula is C24H23N2O+. The van der Waals surface area contributed by atoms with Gasteiger partial charge in [-0.1, -0.05) is 23.8 Å². The molecule has 2 aromatic heterocycles. The third-order valence-electron chi connectivity index (χ3n) is 5.31. The Kier molecular flexibility index (Phi) is 2.89. The van der Waals surface area contributed by atoms with Crippen LogP contribution in [-0.4, -0.2) is 0 Å². The van der Waals surface area contributed by atoms with Crippen molar-refractivity contribution in [2.24, 2.45) is 7.05 Å². The van der Waals surface area contributed by atoms with Gasteiger partial charge in [0, 0.05) is 33.4 Å². The molecule has 3 heteroatoms. The smallest absolute Gasteiger partial charge is 0.229 e. The lowest BCUT2D eigenvalue weighted by atomic mass is 9.97. The highest BCUT2D eigenvalue weighted by Crippen LogP contribution is 2.41. The molecule has 0 radical (unpaired) electrons. The minimum Gasteiger partial charge on any atom is -0.466 e. The van der Waals surface area contributed by atoms with Gasteiger partial charge in [0.15, 0.2) is 5.69 Å². The second-order valence-electron chi connectivity index (χ2n) is 7.13. The van der Waals surface area contributed by atoms with Gasteiger partial charge in [-0.15, -0.1) is 0 Å². The summed E-state index contributed by atoms with van der Waals surface area (Å²) in [6.45, 7) is 12.6. The summed E-state index contributed by atoms with van der Waals surface area (Å²) in [7, 11) is 1.78. The first-order chi connectivity index (χ1) is 14.5. The molecule has 0 amide bonds. The Bertz CT molecular complexity index is 1410. The number of rotatable bonds is 1. The highest BCUT2D eigenvalue weighted by Gasteiger charge is 2.24. The molecule has 0 N–H and O–H groups in total. The van der Waals surface area contributed by atoms with Crippen LogP contribution >= 0.6 is 0 Å². The zero-order chi connectivity index (χ0) is 22.8. The van der Waals surface area contributed by atoms with Crippen molar-refractivity contribution in [1.29, 1.82) is 0 Å². The van der Waals surface area contributed by atoms with Crippen molar-refractivity contribution in [2.45, 2.75) is 34.5 Å². The molecule has 27 heavy (non-hydrogen) atoms. The summed E-state index contributed by atoms with van der Waals surface area (Å²) in [4.78, 5) is 3.63. The molecule has 2 heterocycles. The SMILES string of the molecule is [2H]c1c(C)c(C([2H])([2H])[2H])c(C)[n+](C)c1-c1c(C)ccc2c1oc1c([N+]#[C-])cc(C)cc12. The Morgan fingerprint density at radius 1 is 1.07 bits per heavy atom. The summed E-state index contributed by atoms with van der Waals surface area (Å²) in [6, 6.07) is 7.93. The van der Waals surface area contributed by atoms with Gasteiger partial charge < -0.3 is 4.42 Å². The summed E-state index contributed by atoms with van der Waals surface area (Å²) in [5.41, 5.74) is 6.08. The number of pyridine rings is 1. The summed E-state index contributed by atoms with van der Waals surface area (Å²) >= 11 is 0. The number of aromatic nitrogens is 1. The van der Waals surface area contributed by atoms with Crippen LogP contribution in [-0.2, 0) is 7.05 Å². The van der Waals surface area contributed by atoms with Gasteiger partial charge in [-0.3, -0.25) is 0 Å². The van der Waals surface area contributed by atoms with E-state index in [4.69, 9.17) is 16.5 Å². The van der Waals surface area contributed by atoms with Crippen molar-refractivity contribution in [3.05, 3.63) is 69.7 Å². The minimum absolute atomic E-state index is 0.164. The number of hydrogen-bond acceptors (Lipinski definition) is 1. The maximum Gasteiger partial charge on any atom is 0.229 e. The summed E-state index contributed by atoms with van der Waals surface area (Å²) < 4.78 is 40.7. The first kappa shape index (κ1) is 13.1. The summed E-state index contributed by atoms with van der Waals surface area (Å²) in [6.07, 6.45) is 0. The van der Waals surface area contributed by atoms with E-state index in [0.29, 0.717) is 33.8 Å². The standard InChI is InChI=1S/C24H23N2O/c1-13-10-19-18-9-8-14(2)22(24(18)27-23(19)20(11-13)25-6)21-12-15(3)16(4)17(5)26(21)7/h8-12H,1-5,7H3/q+1/i4D3,12D. The third-order valence-corrected chi connectivity index (χ3v) is 5.31. The number of nitrogens with zero attached hydrogens (tertiary/aromatic N) is 2. The summed E-state index contributed by atoms with van der Waals surface area (Å²) in [5, 5.41) is 1.74. The molecule has 0 aliphatic carbocycles. The number of benzene rings is 2. The average Bonchev–Trinajstić information content (AvgIpc) is 3.05. The monoisotopic (exact) mass is 359 g/mol. The molecule has 0 unspecified atom stereocenters. The Balaban J connectivity index is 2.19. The summed E-state index contributed by atoms with van der Waals surface area (Å²) in [5.74, 6) is 0. The molecule has 4 rings (SSSR count). The minimum atomic E-state index is -2.30. The molecule has 3 nitrogen and oxygen atoms in total. The average molecular weight is 359 g/mol. The van der Waals surface area contributed by atoms with Crippen molar-refractivity contribution < 1.29 is 14.5 Å². The van der Waals surface area contributed by atoms with E-state index in [-0.39, 0.29) is 11.6 Å². The van der Waals surface area contributed by atoms with Crippen LogP contribution in [0.5, 0.6) is 0 Å². The normalized spacial score (nSPS) is 13.9. The van der Waals surface area contributed by atoms with E-state index in [1.165, 1.54) is 0 Å². The van der Waals surface area contributed by atoms with Gasteiger partial charge in [-0.25, -0.2) is 4.85 Å². The predicted octanol–water partition coefficient (Wildman–Crippen LogP) is 6.17. The van der Waals surface area contributed by atoms with Crippen molar-refractivity contribution >= 4 is 27.6 Å². The van der Waals surface area contributed by atoms with E-state index in [2.05, 4.69) is 4.85 Å². The molecule has 0 aliphatic rings. The molecule has 2 aromatic carbocycles. The number of furan rings is 1. The van der Waals surface area contributed by atoms with E-state index in [1.54, 1.807) is 31.5 Å². The van der Waals surface area contributed by atoms with Crippen molar-refractivity contribution in [2.75, 3.05) is 0 Å². The Hall–Kier alpha value is -3.12. The molecule has 134 valence electrons. The molecule has 0 saturated carbocycles. The van der Waals surface area contributed by atoms with Crippen molar-refractivity contribution in [3.63, 3.8) is 0 Å². The van der Waals surface area contributed by atoms with Crippen LogP contribution in [0.3, 0.4) is 0 Å². The van der Waals surface area contributed by atoms with Crippen LogP contribution in [0.1, 0.15) is 33.4 Å². The molecule has 0 saturated heterocycles. The maximum atomic E-state index is 8.85. The first-order valence-corrected chi connectivity index (χ1v) is 8.82. The lowest BCUT2D eigenvalue weighted by Crippen LogP contribution is -2.36. The number of hydrogen-bond donors (Lipinski definition) is 0. The van der Waals surface area contributed by atoms with Crippen LogP contribution in [0.15, 0.2) is 34.7 Å². The van der Waals surface area contributed by atoms with E-state index in [1.807, 2.05) is 32.0 Å². The lowest BCUT2D eigenvalue weighted by molar-refractivity contribution is -0.667. The van der Waals surface area contributed by atoms with Crippen LogP contribution in [0.25, 0.3) is 38.0 Å². The van der Waals surface area contributed by atoms with Crippen LogP contribution < -0.4 is 4.57 Å². The van der Waals surface area contributed by atoms with Gasteiger partial charge in [0.25, 0.3) is 0 Å². The van der Waals surface area contributed by atoms with Gasteiger partial charge in [0.2, 0.25) is 11.4 Å². The lowest BCUT2D eigenvalue weighted by Gasteiger charge is -2.10. The molecule has 4 aromatic rings. The fourth-order valence-corrected chi connectivity index (χ4v) is 3.70. The number of fused-ring (bicyclic) bond motifs is 3. The van der Waals surface area contributed by atoms with Gasteiger partial charge in [0.1, 0.15) is 18.2 Å². The Labute approximate surface area is 165 Å².